The third kappa shape index (κ3) is 3.44. The molecule has 0 unspecified atom stereocenters. The van der Waals surface area contributed by atoms with Crippen LogP contribution >= 0.6 is 0 Å². The first-order valence-corrected chi connectivity index (χ1v) is 9.86. The molecule has 0 amide bonds. The quantitative estimate of drug-likeness (QED) is 0.430. The molecule has 0 aliphatic carbocycles. The normalized spacial score (nSPS) is 11.3. The van der Waals surface area contributed by atoms with Gasteiger partial charge in [0.15, 0.2) is 0 Å². The predicted molar refractivity (Wildman–Crippen MR) is 115 cm³/mol. The number of aryl methyl sites for hydroxylation is 2. The molecule has 154 valence electrons. The van der Waals surface area contributed by atoms with E-state index in [0.29, 0.717) is 28.6 Å². The van der Waals surface area contributed by atoms with Crippen LogP contribution in [0.1, 0.15) is 17.0 Å². The van der Waals surface area contributed by atoms with Gasteiger partial charge >= 0.3 is 0 Å². The Hall–Kier alpha value is -4.00. The summed E-state index contributed by atoms with van der Waals surface area (Å²) in [5.74, 6) is 0.899. The summed E-state index contributed by atoms with van der Waals surface area (Å²) in [4.78, 5) is 17.7. The molecule has 0 N–H and O–H groups in total. The molecule has 3 aromatic heterocycles. The van der Waals surface area contributed by atoms with Gasteiger partial charge in [-0.25, -0.2) is 13.9 Å². The Morgan fingerprint density at radius 3 is 2.58 bits per heavy atom. The fourth-order valence-corrected chi connectivity index (χ4v) is 3.58. The van der Waals surface area contributed by atoms with Gasteiger partial charge in [0.2, 0.25) is 5.89 Å². The van der Waals surface area contributed by atoms with Crippen LogP contribution in [0.15, 0.2) is 76.2 Å². The molecular weight excluding hydrogens is 395 g/mol. The van der Waals surface area contributed by atoms with Gasteiger partial charge in [-0.15, -0.1) is 0 Å². The fraction of sp³-hybridized carbons (Fsp3) is 0.125. The Morgan fingerprint density at radius 1 is 1.03 bits per heavy atom. The van der Waals surface area contributed by atoms with Gasteiger partial charge in [-0.3, -0.25) is 4.79 Å². The number of halogens is 1. The zero-order valence-corrected chi connectivity index (χ0v) is 17.0. The zero-order valence-electron chi connectivity index (χ0n) is 17.0. The van der Waals surface area contributed by atoms with Crippen LogP contribution in [0, 0.1) is 19.7 Å². The highest BCUT2D eigenvalue weighted by molar-refractivity contribution is 5.65. The third-order valence-corrected chi connectivity index (χ3v) is 5.33. The van der Waals surface area contributed by atoms with Crippen LogP contribution < -0.4 is 5.56 Å². The van der Waals surface area contributed by atoms with E-state index in [9.17, 15) is 9.18 Å². The van der Waals surface area contributed by atoms with E-state index in [1.165, 1.54) is 16.6 Å². The van der Waals surface area contributed by atoms with Gasteiger partial charge in [0.05, 0.1) is 12.2 Å². The monoisotopic (exact) mass is 414 g/mol. The summed E-state index contributed by atoms with van der Waals surface area (Å²) in [6.45, 7) is 4.14. The summed E-state index contributed by atoms with van der Waals surface area (Å²) in [6.07, 6.45) is 3.40. The van der Waals surface area contributed by atoms with Crippen LogP contribution in [0.2, 0.25) is 0 Å². The number of rotatable bonds is 4. The van der Waals surface area contributed by atoms with Crippen molar-refractivity contribution in [2.75, 3.05) is 0 Å². The highest BCUT2D eigenvalue weighted by atomic mass is 19.1. The van der Waals surface area contributed by atoms with Gasteiger partial charge in [-0.05, 0) is 55.8 Å². The van der Waals surface area contributed by atoms with Crippen LogP contribution in [0.25, 0.3) is 28.2 Å². The molecule has 0 radical (unpaired) electrons. The third-order valence-electron chi connectivity index (χ3n) is 5.33. The number of benzene rings is 2. The van der Waals surface area contributed by atoms with Crippen molar-refractivity contribution in [3.8, 4) is 22.7 Å². The van der Waals surface area contributed by atoms with E-state index < -0.39 is 0 Å². The number of hydrogen-bond acceptors (Lipinski definition) is 4. The Bertz CT molecular complexity index is 1460. The summed E-state index contributed by atoms with van der Waals surface area (Å²) in [5.41, 5.74) is 4.29. The van der Waals surface area contributed by atoms with Gasteiger partial charge in [-0.1, -0.05) is 18.2 Å². The minimum absolute atomic E-state index is 0.191. The molecule has 3 heterocycles. The molecule has 0 saturated carbocycles. The van der Waals surface area contributed by atoms with E-state index in [4.69, 9.17) is 4.42 Å². The number of hydrogen-bond donors (Lipinski definition) is 0. The van der Waals surface area contributed by atoms with E-state index in [-0.39, 0.29) is 17.9 Å². The van der Waals surface area contributed by atoms with Gasteiger partial charge in [0.25, 0.3) is 5.56 Å². The molecule has 5 aromatic rings. The molecule has 0 atom stereocenters. The van der Waals surface area contributed by atoms with Crippen molar-refractivity contribution in [2.24, 2.45) is 0 Å². The molecule has 0 aliphatic rings. The van der Waals surface area contributed by atoms with Crippen LogP contribution in [-0.4, -0.2) is 19.2 Å². The van der Waals surface area contributed by atoms with E-state index in [2.05, 4.69) is 10.1 Å². The van der Waals surface area contributed by atoms with Crippen molar-refractivity contribution in [1.29, 1.82) is 0 Å². The first-order chi connectivity index (χ1) is 15.0. The zero-order chi connectivity index (χ0) is 21.5. The standard InChI is InChI=1S/C24H19FN4O2/c1-15-5-3-4-6-19(15)23-26-21(16(2)31-23)14-28-11-12-29-22(24(28)30)13-20(27-29)17-7-9-18(25)10-8-17/h3-13H,14H2,1-2H3. The number of fused-ring (bicyclic) bond motifs is 1. The average Bonchev–Trinajstić information content (AvgIpc) is 3.35. The average molecular weight is 414 g/mol. The lowest BCUT2D eigenvalue weighted by atomic mass is 10.1. The summed E-state index contributed by atoms with van der Waals surface area (Å²) in [5, 5.41) is 4.44. The molecule has 6 nitrogen and oxygen atoms in total. The predicted octanol–water partition coefficient (Wildman–Crippen LogP) is 4.62. The minimum atomic E-state index is -0.317. The van der Waals surface area contributed by atoms with Crippen molar-refractivity contribution in [1.82, 2.24) is 19.2 Å². The first-order valence-electron chi connectivity index (χ1n) is 9.86. The lowest BCUT2D eigenvalue weighted by molar-refractivity contribution is 0.537. The molecule has 31 heavy (non-hydrogen) atoms. The van der Waals surface area contributed by atoms with E-state index >= 15 is 0 Å². The second-order valence-electron chi connectivity index (χ2n) is 7.43. The van der Waals surface area contributed by atoms with Crippen molar-refractivity contribution in [3.63, 3.8) is 0 Å². The molecule has 0 fully saturated rings. The molecule has 0 bridgehead atoms. The van der Waals surface area contributed by atoms with E-state index in [0.717, 1.165) is 16.7 Å². The molecule has 2 aromatic carbocycles. The molecule has 0 aliphatic heterocycles. The number of aromatic nitrogens is 4. The molecular formula is C24H19FN4O2. The maximum Gasteiger partial charge on any atom is 0.276 e. The van der Waals surface area contributed by atoms with Crippen LogP contribution in [-0.2, 0) is 6.54 Å². The highest BCUT2D eigenvalue weighted by Gasteiger charge is 2.15. The molecule has 0 spiro atoms. The van der Waals surface area contributed by atoms with Crippen molar-refractivity contribution >= 4 is 5.52 Å². The van der Waals surface area contributed by atoms with E-state index in [1.807, 2.05) is 38.1 Å². The Morgan fingerprint density at radius 2 is 1.81 bits per heavy atom. The molecule has 7 heteroatoms. The van der Waals surface area contributed by atoms with Gasteiger partial charge in [0.1, 0.15) is 22.8 Å². The SMILES string of the molecule is Cc1ccccc1-c1nc(Cn2ccn3nc(-c4ccc(F)cc4)cc3c2=O)c(C)o1. The van der Waals surface area contributed by atoms with Crippen LogP contribution in [0.5, 0.6) is 0 Å². The van der Waals surface area contributed by atoms with Crippen LogP contribution in [0.4, 0.5) is 4.39 Å². The Labute approximate surface area is 177 Å². The maximum absolute atomic E-state index is 13.2. The second-order valence-corrected chi connectivity index (χ2v) is 7.43. The summed E-state index contributed by atoms with van der Waals surface area (Å²) < 4.78 is 22.2. The lowest BCUT2D eigenvalue weighted by Crippen LogP contribution is -2.22. The summed E-state index contributed by atoms with van der Waals surface area (Å²) in [7, 11) is 0. The van der Waals surface area contributed by atoms with Gasteiger partial charge < -0.3 is 8.98 Å². The minimum Gasteiger partial charge on any atom is -0.441 e. The Kier molecular flexibility index (Phi) is 4.51. The molecule has 0 saturated heterocycles. The fourth-order valence-electron chi connectivity index (χ4n) is 3.58. The van der Waals surface area contributed by atoms with Crippen LogP contribution in [0.3, 0.4) is 0 Å². The number of oxazole rings is 1. The topological polar surface area (TPSA) is 65.3 Å². The largest absolute Gasteiger partial charge is 0.441 e. The van der Waals surface area contributed by atoms with Gasteiger partial charge in [0, 0.05) is 23.5 Å². The van der Waals surface area contributed by atoms with E-state index in [1.54, 1.807) is 35.2 Å². The lowest BCUT2D eigenvalue weighted by Gasteiger charge is -2.04. The number of nitrogens with zero attached hydrogens (tertiary/aromatic N) is 4. The maximum atomic E-state index is 13.2. The second kappa shape index (κ2) is 7.36. The summed E-state index contributed by atoms with van der Waals surface area (Å²) >= 11 is 0. The first kappa shape index (κ1) is 19.0. The van der Waals surface area contributed by atoms with Crippen molar-refractivity contribution < 1.29 is 8.81 Å². The highest BCUT2D eigenvalue weighted by Crippen LogP contribution is 2.25. The summed E-state index contributed by atoms with van der Waals surface area (Å²) in [6, 6.07) is 15.6. The van der Waals surface area contributed by atoms with Gasteiger partial charge in [-0.2, -0.15) is 5.10 Å². The van der Waals surface area contributed by atoms with Crippen molar-refractivity contribution in [3.05, 3.63) is 100 Å². The molecule has 5 rings (SSSR count). The van der Waals surface area contributed by atoms with Crippen molar-refractivity contribution in [2.45, 2.75) is 20.4 Å². The smallest absolute Gasteiger partial charge is 0.276 e. The Balaban J connectivity index is 1.50.